The molecular weight excluding hydrogens is 511 g/mol. The number of aromatic nitrogens is 3. The molecule has 0 bridgehead atoms. The van der Waals surface area contributed by atoms with Gasteiger partial charge in [0.1, 0.15) is 23.7 Å². The fourth-order valence-electron chi connectivity index (χ4n) is 3.97. The van der Waals surface area contributed by atoms with Crippen LogP contribution in [0.15, 0.2) is 66.7 Å². The molecule has 0 atom stereocenters. The van der Waals surface area contributed by atoms with Crippen molar-refractivity contribution >= 4 is 18.1 Å². The number of aromatic carboxylic acids is 1. The molecule has 0 aliphatic carbocycles. The minimum atomic E-state index is -4.86. The normalized spacial score (nSPS) is 11.8. The summed E-state index contributed by atoms with van der Waals surface area (Å²) in [6.07, 6.45) is -1.15. The zero-order valence-electron chi connectivity index (χ0n) is 21.4. The van der Waals surface area contributed by atoms with Crippen LogP contribution in [0, 0.1) is 6.92 Å². The van der Waals surface area contributed by atoms with E-state index in [-0.39, 0.29) is 23.8 Å². The number of hydrogen-bond acceptors (Lipinski definition) is 5. The molecule has 4 aromatic rings. The lowest BCUT2D eigenvalue weighted by atomic mass is 10.1. The lowest BCUT2D eigenvalue weighted by Gasteiger charge is -2.16. The summed E-state index contributed by atoms with van der Waals surface area (Å²) >= 11 is 0. The Morgan fingerprint density at radius 3 is 2.51 bits per heavy atom. The first kappa shape index (κ1) is 27.4. The van der Waals surface area contributed by atoms with E-state index in [9.17, 15) is 23.1 Å². The molecule has 1 heterocycles. The van der Waals surface area contributed by atoms with Crippen molar-refractivity contribution in [2.24, 2.45) is 0 Å². The van der Waals surface area contributed by atoms with Crippen LogP contribution >= 0.6 is 0 Å². The molecule has 202 valence electrons. The summed E-state index contributed by atoms with van der Waals surface area (Å²) in [5.41, 5.74) is 3.98. The first-order valence-corrected chi connectivity index (χ1v) is 12.1. The van der Waals surface area contributed by atoms with Gasteiger partial charge in [0, 0.05) is 0 Å². The Kier molecular flexibility index (Phi) is 8.04. The Morgan fingerprint density at radius 2 is 1.82 bits per heavy atom. The zero-order valence-corrected chi connectivity index (χ0v) is 21.4. The van der Waals surface area contributed by atoms with Gasteiger partial charge in [-0.3, -0.25) is 0 Å². The SMILES string of the molecule is Cc1cc(OCc2c(C(C)C)nnn2-c2ccccc2OC(F)(F)F)ccc1/C=C/c1cccc(C(=O)O)c1. The van der Waals surface area contributed by atoms with Crippen molar-refractivity contribution < 1.29 is 32.5 Å². The lowest BCUT2D eigenvalue weighted by Crippen LogP contribution is -2.19. The van der Waals surface area contributed by atoms with E-state index in [1.54, 1.807) is 24.3 Å². The predicted octanol–water partition coefficient (Wildman–Crippen LogP) is 7.05. The Balaban J connectivity index is 1.56. The van der Waals surface area contributed by atoms with Crippen molar-refractivity contribution in [1.82, 2.24) is 15.0 Å². The van der Waals surface area contributed by atoms with E-state index in [4.69, 9.17) is 4.74 Å². The van der Waals surface area contributed by atoms with E-state index in [2.05, 4.69) is 15.0 Å². The molecule has 0 fully saturated rings. The van der Waals surface area contributed by atoms with Crippen LogP contribution in [0.25, 0.3) is 17.8 Å². The Labute approximate surface area is 223 Å². The Bertz CT molecular complexity index is 1510. The van der Waals surface area contributed by atoms with Crippen molar-refractivity contribution in [3.63, 3.8) is 0 Å². The molecule has 4 rings (SSSR count). The highest BCUT2D eigenvalue weighted by atomic mass is 19.4. The Morgan fingerprint density at radius 1 is 1.05 bits per heavy atom. The summed E-state index contributed by atoms with van der Waals surface area (Å²) < 4.78 is 50.5. The number of hydrogen-bond donors (Lipinski definition) is 1. The van der Waals surface area contributed by atoms with Gasteiger partial charge in [-0.2, -0.15) is 0 Å². The summed E-state index contributed by atoms with van der Waals surface area (Å²) in [6.45, 7) is 5.74. The number of para-hydroxylation sites is 2. The number of carbonyl (C=O) groups is 1. The van der Waals surface area contributed by atoms with E-state index in [1.807, 2.05) is 51.1 Å². The molecule has 0 unspecified atom stereocenters. The van der Waals surface area contributed by atoms with Gasteiger partial charge in [0.25, 0.3) is 0 Å². The van der Waals surface area contributed by atoms with Gasteiger partial charge in [-0.1, -0.05) is 61.5 Å². The van der Waals surface area contributed by atoms with Crippen molar-refractivity contribution in [1.29, 1.82) is 0 Å². The second-order valence-corrected chi connectivity index (χ2v) is 9.07. The minimum Gasteiger partial charge on any atom is -0.487 e. The smallest absolute Gasteiger partial charge is 0.487 e. The Hall–Kier alpha value is -4.60. The third-order valence-corrected chi connectivity index (χ3v) is 5.86. The van der Waals surface area contributed by atoms with E-state index < -0.39 is 18.1 Å². The molecule has 10 heteroatoms. The third-order valence-electron chi connectivity index (χ3n) is 5.86. The number of halogens is 3. The van der Waals surface area contributed by atoms with Crippen molar-refractivity contribution in [3.8, 4) is 17.2 Å². The molecule has 0 saturated carbocycles. The summed E-state index contributed by atoms with van der Waals surface area (Å²) in [4.78, 5) is 11.2. The van der Waals surface area contributed by atoms with Crippen LogP contribution < -0.4 is 9.47 Å². The minimum absolute atomic E-state index is 0.0114. The van der Waals surface area contributed by atoms with Gasteiger partial charge in [-0.05, 0) is 65.9 Å². The molecule has 0 aliphatic heterocycles. The number of carboxylic acids is 1. The van der Waals surface area contributed by atoms with Crippen LogP contribution in [0.1, 0.15) is 58.2 Å². The molecule has 3 aromatic carbocycles. The molecule has 0 amide bonds. The van der Waals surface area contributed by atoms with Crippen LogP contribution in [0.3, 0.4) is 0 Å². The van der Waals surface area contributed by atoms with Gasteiger partial charge < -0.3 is 14.6 Å². The number of benzene rings is 3. The van der Waals surface area contributed by atoms with Gasteiger partial charge >= 0.3 is 12.3 Å². The van der Waals surface area contributed by atoms with Crippen molar-refractivity contribution in [3.05, 3.63) is 100 Å². The molecule has 1 N–H and O–H groups in total. The maximum absolute atomic E-state index is 13.0. The molecule has 0 radical (unpaired) electrons. The molecular formula is C29H26F3N3O4. The van der Waals surface area contributed by atoms with Gasteiger partial charge in [0.05, 0.1) is 11.3 Å². The van der Waals surface area contributed by atoms with Gasteiger partial charge in [0.15, 0.2) is 5.75 Å². The number of nitrogens with zero attached hydrogens (tertiary/aromatic N) is 3. The number of aryl methyl sites for hydroxylation is 1. The van der Waals surface area contributed by atoms with Crippen LogP contribution in [0.5, 0.6) is 11.5 Å². The third kappa shape index (κ3) is 6.84. The van der Waals surface area contributed by atoms with Gasteiger partial charge in [-0.15, -0.1) is 18.3 Å². The zero-order chi connectivity index (χ0) is 28.2. The summed E-state index contributed by atoms with van der Waals surface area (Å²) in [7, 11) is 0. The summed E-state index contributed by atoms with van der Waals surface area (Å²) in [6, 6.07) is 17.9. The topological polar surface area (TPSA) is 86.5 Å². The van der Waals surface area contributed by atoms with Crippen LogP contribution in [0.4, 0.5) is 13.2 Å². The lowest BCUT2D eigenvalue weighted by molar-refractivity contribution is -0.274. The van der Waals surface area contributed by atoms with Gasteiger partial charge in [-0.25, -0.2) is 9.48 Å². The fourth-order valence-corrected chi connectivity index (χ4v) is 3.97. The monoisotopic (exact) mass is 537 g/mol. The number of rotatable bonds is 9. The van der Waals surface area contributed by atoms with E-state index >= 15 is 0 Å². The maximum Gasteiger partial charge on any atom is 0.573 e. The predicted molar refractivity (Wildman–Crippen MR) is 140 cm³/mol. The summed E-state index contributed by atoms with van der Waals surface area (Å²) in [5.74, 6) is -0.884. The largest absolute Gasteiger partial charge is 0.573 e. The first-order valence-electron chi connectivity index (χ1n) is 12.1. The maximum atomic E-state index is 13.0. The molecule has 1 aromatic heterocycles. The molecule has 7 nitrogen and oxygen atoms in total. The highest BCUT2D eigenvalue weighted by Crippen LogP contribution is 2.31. The van der Waals surface area contributed by atoms with Crippen LogP contribution in [-0.2, 0) is 6.61 Å². The fraction of sp³-hybridized carbons (Fsp3) is 0.207. The molecule has 0 spiro atoms. The molecule has 39 heavy (non-hydrogen) atoms. The van der Waals surface area contributed by atoms with Crippen molar-refractivity contribution in [2.45, 2.75) is 39.7 Å². The average molecular weight is 538 g/mol. The van der Waals surface area contributed by atoms with E-state index in [0.29, 0.717) is 17.1 Å². The highest BCUT2D eigenvalue weighted by Gasteiger charge is 2.33. The number of carboxylic acid groups (broad SMARTS) is 1. The standard InChI is InChI=1S/C29H26F3N3O4/c1-18(2)27-25(35(34-33-27)24-9-4-5-10-26(24)39-29(30,31)32)17-38-23-14-13-21(19(3)15-23)12-11-20-7-6-8-22(16-20)28(36)37/h4-16,18H,17H2,1-3H3,(H,36,37)/b12-11+. The number of alkyl halides is 3. The van der Waals surface area contributed by atoms with Crippen molar-refractivity contribution in [2.75, 3.05) is 0 Å². The highest BCUT2D eigenvalue weighted by molar-refractivity contribution is 5.88. The summed E-state index contributed by atoms with van der Waals surface area (Å²) in [5, 5.41) is 17.5. The molecule has 0 saturated heterocycles. The average Bonchev–Trinajstić information content (AvgIpc) is 3.30. The van der Waals surface area contributed by atoms with Gasteiger partial charge in [0.2, 0.25) is 0 Å². The van der Waals surface area contributed by atoms with Crippen LogP contribution in [0.2, 0.25) is 0 Å². The van der Waals surface area contributed by atoms with E-state index in [1.165, 1.54) is 28.9 Å². The van der Waals surface area contributed by atoms with E-state index in [0.717, 1.165) is 16.7 Å². The van der Waals surface area contributed by atoms with Crippen LogP contribution in [-0.4, -0.2) is 32.4 Å². The quantitative estimate of drug-likeness (QED) is 0.230. The first-order chi connectivity index (χ1) is 18.5. The second kappa shape index (κ2) is 11.4. The molecule has 0 aliphatic rings. The second-order valence-electron chi connectivity index (χ2n) is 9.07. The number of ether oxygens (including phenoxy) is 2.